The zero-order valence-corrected chi connectivity index (χ0v) is 16.6. The topological polar surface area (TPSA) is 207 Å². The molecule has 3 atom stereocenters. The lowest BCUT2D eigenvalue weighted by Gasteiger charge is -2.04. The maximum atomic E-state index is 10.5. The van der Waals surface area contributed by atoms with Crippen molar-refractivity contribution in [2.45, 2.75) is 71.0 Å². The molecular formula is C17H40N6O3. The molecule has 0 aromatic rings. The summed E-state index contributed by atoms with van der Waals surface area (Å²) in [6.45, 7) is 6.19. The first-order valence-electron chi connectivity index (χ1n) is 8.93. The molecule has 0 aromatic heterocycles. The number of nitrogens with two attached hydrogens (primary N) is 6. The highest BCUT2D eigenvalue weighted by molar-refractivity contribution is 5.81. The van der Waals surface area contributed by atoms with Crippen LogP contribution in [0.4, 0.5) is 0 Å². The molecule has 0 fully saturated rings. The number of ketones is 3. The Labute approximate surface area is 157 Å². The summed E-state index contributed by atoms with van der Waals surface area (Å²) in [6, 6.07) is -0.943. The van der Waals surface area contributed by atoms with E-state index in [1.54, 1.807) is 0 Å². The average molecular weight is 377 g/mol. The highest BCUT2D eigenvalue weighted by Gasteiger charge is 2.06. The molecule has 0 heterocycles. The standard InChI is InChI=1S/2C6H14N2O.C5H12N2O/c2*1-5(9)6(8)3-2-4-7;1-4(8)5(7)2-3-6/h2*6H,2-4,7-8H2,1H3;5H,2-3,6-7H2,1H3/t2*6-;5-/m100/s1. The molecule has 9 heteroatoms. The minimum Gasteiger partial charge on any atom is -0.330 e. The van der Waals surface area contributed by atoms with E-state index < -0.39 is 0 Å². The number of hydrogen-bond acceptors (Lipinski definition) is 9. The van der Waals surface area contributed by atoms with Crippen molar-refractivity contribution in [1.29, 1.82) is 0 Å². The Balaban J connectivity index is -0.000000306. The second-order valence-electron chi connectivity index (χ2n) is 6.09. The summed E-state index contributed by atoms with van der Waals surface area (Å²) in [4.78, 5) is 31.3. The van der Waals surface area contributed by atoms with E-state index in [-0.39, 0.29) is 35.5 Å². The number of hydrogen-bond donors (Lipinski definition) is 6. The van der Waals surface area contributed by atoms with Crippen molar-refractivity contribution in [2.24, 2.45) is 34.4 Å². The first-order chi connectivity index (χ1) is 12.0. The van der Waals surface area contributed by atoms with Gasteiger partial charge in [0.1, 0.15) is 17.3 Å². The molecule has 0 aliphatic rings. The normalized spacial score (nSPS) is 13.3. The highest BCUT2D eigenvalue weighted by atomic mass is 16.1. The summed E-state index contributed by atoms with van der Waals surface area (Å²) in [6.07, 6.45) is 3.69. The average Bonchev–Trinajstić information content (AvgIpc) is 2.58. The Hall–Kier alpha value is -1.23. The van der Waals surface area contributed by atoms with E-state index in [9.17, 15) is 14.4 Å². The predicted octanol–water partition coefficient (Wildman–Crippen LogP) is -1.47. The van der Waals surface area contributed by atoms with Gasteiger partial charge in [0.05, 0.1) is 18.1 Å². The van der Waals surface area contributed by atoms with Gasteiger partial charge in [-0.15, -0.1) is 0 Å². The van der Waals surface area contributed by atoms with Gasteiger partial charge in [0.25, 0.3) is 0 Å². The van der Waals surface area contributed by atoms with E-state index in [4.69, 9.17) is 34.4 Å². The monoisotopic (exact) mass is 376 g/mol. The molecule has 12 N–H and O–H groups in total. The summed E-state index contributed by atoms with van der Waals surface area (Å²) in [5.41, 5.74) is 31.6. The minimum atomic E-state index is -0.347. The number of carbonyl (C=O) groups excluding carboxylic acids is 3. The second kappa shape index (κ2) is 20.1. The highest BCUT2D eigenvalue weighted by Crippen LogP contribution is 1.93. The molecule has 156 valence electrons. The van der Waals surface area contributed by atoms with Gasteiger partial charge >= 0.3 is 0 Å². The lowest BCUT2D eigenvalue weighted by Crippen LogP contribution is -2.30. The van der Waals surface area contributed by atoms with Crippen LogP contribution in [0.3, 0.4) is 0 Å². The predicted molar refractivity (Wildman–Crippen MR) is 106 cm³/mol. The van der Waals surface area contributed by atoms with Crippen molar-refractivity contribution in [1.82, 2.24) is 0 Å². The van der Waals surface area contributed by atoms with Gasteiger partial charge in [0.2, 0.25) is 0 Å². The van der Waals surface area contributed by atoms with Gasteiger partial charge in [-0.3, -0.25) is 14.4 Å². The van der Waals surface area contributed by atoms with Gasteiger partial charge in [-0.2, -0.15) is 0 Å². The van der Waals surface area contributed by atoms with Crippen LogP contribution >= 0.6 is 0 Å². The Morgan fingerprint density at radius 1 is 0.577 bits per heavy atom. The van der Waals surface area contributed by atoms with Gasteiger partial charge in [-0.1, -0.05) is 0 Å². The van der Waals surface area contributed by atoms with Crippen molar-refractivity contribution in [2.75, 3.05) is 19.6 Å². The molecule has 0 saturated heterocycles. The molecule has 0 spiro atoms. The number of rotatable bonds is 11. The zero-order chi connectivity index (χ0) is 21.1. The van der Waals surface area contributed by atoms with Crippen LogP contribution in [0, 0.1) is 0 Å². The van der Waals surface area contributed by atoms with Crippen molar-refractivity contribution in [3.05, 3.63) is 0 Å². The molecule has 0 aromatic carbocycles. The van der Waals surface area contributed by atoms with Crippen LogP contribution in [0.2, 0.25) is 0 Å². The first kappa shape index (κ1) is 29.5. The van der Waals surface area contributed by atoms with Crippen LogP contribution in [-0.4, -0.2) is 55.1 Å². The van der Waals surface area contributed by atoms with Crippen LogP contribution in [0.5, 0.6) is 0 Å². The lowest BCUT2D eigenvalue weighted by atomic mass is 10.1. The molecule has 0 rings (SSSR count). The molecule has 9 nitrogen and oxygen atoms in total. The van der Waals surface area contributed by atoms with Crippen molar-refractivity contribution < 1.29 is 14.4 Å². The summed E-state index contributed by atoms with van der Waals surface area (Å²) in [7, 11) is 0. The molecule has 0 bridgehead atoms. The third-order valence-electron chi connectivity index (χ3n) is 3.48. The fraction of sp³-hybridized carbons (Fsp3) is 0.824. The first-order valence-corrected chi connectivity index (χ1v) is 8.93. The van der Waals surface area contributed by atoms with Crippen molar-refractivity contribution in [3.63, 3.8) is 0 Å². The molecular weight excluding hydrogens is 336 g/mol. The summed E-state index contributed by atoms with van der Waals surface area (Å²) in [5, 5.41) is 0. The van der Waals surface area contributed by atoms with Crippen LogP contribution < -0.4 is 34.4 Å². The Morgan fingerprint density at radius 2 is 0.846 bits per heavy atom. The van der Waals surface area contributed by atoms with E-state index in [1.165, 1.54) is 20.8 Å². The Kier molecular flexibility index (Phi) is 22.8. The summed E-state index contributed by atoms with van der Waals surface area (Å²) in [5.74, 6) is 0.0994. The molecule has 0 aliphatic heterocycles. The van der Waals surface area contributed by atoms with Crippen LogP contribution in [0.1, 0.15) is 52.9 Å². The van der Waals surface area contributed by atoms with Gasteiger partial charge < -0.3 is 34.4 Å². The fourth-order valence-electron chi connectivity index (χ4n) is 1.46. The van der Waals surface area contributed by atoms with E-state index in [0.29, 0.717) is 38.9 Å². The fourth-order valence-corrected chi connectivity index (χ4v) is 1.46. The smallest absolute Gasteiger partial charge is 0.146 e. The maximum absolute atomic E-state index is 10.5. The quantitative estimate of drug-likeness (QED) is 0.248. The number of carbonyl (C=O) groups is 3. The van der Waals surface area contributed by atoms with Crippen LogP contribution in [0.15, 0.2) is 0 Å². The lowest BCUT2D eigenvalue weighted by molar-refractivity contribution is -0.119. The Morgan fingerprint density at radius 3 is 1.00 bits per heavy atom. The van der Waals surface area contributed by atoms with E-state index >= 15 is 0 Å². The van der Waals surface area contributed by atoms with Gasteiger partial charge in [-0.25, -0.2) is 0 Å². The Bertz CT molecular complexity index is 356. The third kappa shape index (κ3) is 22.8. The van der Waals surface area contributed by atoms with E-state index in [0.717, 1.165) is 12.8 Å². The SMILES string of the molecule is CC(=O)[C@@H](N)CCCN.CC(=O)[C@@H](N)CCN.CC(=O)[C@H](N)CCCN. The molecule has 0 amide bonds. The van der Waals surface area contributed by atoms with Crippen molar-refractivity contribution >= 4 is 17.3 Å². The van der Waals surface area contributed by atoms with E-state index in [1.807, 2.05) is 0 Å². The van der Waals surface area contributed by atoms with Gasteiger partial charge in [-0.05, 0) is 72.5 Å². The van der Waals surface area contributed by atoms with E-state index in [2.05, 4.69) is 0 Å². The molecule has 0 aliphatic carbocycles. The molecule has 0 unspecified atom stereocenters. The largest absolute Gasteiger partial charge is 0.330 e. The second-order valence-corrected chi connectivity index (χ2v) is 6.09. The van der Waals surface area contributed by atoms with Gasteiger partial charge in [0, 0.05) is 0 Å². The molecule has 26 heavy (non-hydrogen) atoms. The molecule has 0 radical (unpaired) electrons. The zero-order valence-electron chi connectivity index (χ0n) is 16.6. The van der Waals surface area contributed by atoms with Crippen LogP contribution in [-0.2, 0) is 14.4 Å². The minimum absolute atomic E-state index is 0.00968. The number of Topliss-reactive ketones (excluding diaryl/α,β-unsaturated/α-hetero) is 3. The summed E-state index contributed by atoms with van der Waals surface area (Å²) < 4.78 is 0. The van der Waals surface area contributed by atoms with Crippen LogP contribution in [0.25, 0.3) is 0 Å². The molecule has 0 saturated carbocycles. The third-order valence-corrected chi connectivity index (χ3v) is 3.48. The maximum Gasteiger partial charge on any atom is 0.146 e. The summed E-state index contributed by atoms with van der Waals surface area (Å²) >= 11 is 0. The van der Waals surface area contributed by atoms with Crippen molar-refractivity contribution in [3.8, 4) is 0 Å². The van der Waals surface area contributed by atoms with Gasteiger partial charge in [0.15, 0.2) is 0 Å².